The minimum atomic E-state index is -0.311. The van der Waals surface area contributed by atoms with Gasteiger partial charge in [0.15, 0.2) is 0 Å². The maximum Gasteiger partial charge on any atom is 0.230 e. The molecule has 3 N–H and O–H groups in total. The predicted molar refractivity (Wildman–Crippen MR) is 281 cm³/mol. The summed E-state index contributed by atoms with van der Waals surface area (Å²) in [6.07, 6.45) is 22.9. The Balaban J connectivity index is 0.000000160. The molecular weight excluding hydrogens is 951 g/mol. The van der Waals surface area contributed by atoms with Gasteiger partial charge in [-0.2, -0.15) is 9.97 Å². The molecular formula is C53H65BrF2N14. The van der Waals surface area contributed by atoms with Gasteiger partial charge in [-0.15, -0.1) is 0 Å². The van der Waals surface area contributed by atoms with Crippen molar-refractivity contribution in [1.29, 1.82) is 0 Å². The van der Waals surface area contributed by atoms with E-state index in [2.05, 4.69) is 104 Å². The number of anilines is 4. The maximum absolute atomic E-state index is 12.7. The number of fused-ring (bicyclic) bond motifs is 8. The molecule has 0 atom stereocenters. The standard InChI is InChI=1S/C26H30FN7.C24H27N7.C2H4BrF.CH4/c1-17-2-5-19(6-3-17)34-23-15-28-11-8-20(23)21-14-29-26(32-25(21)34)31-24-7-4-18-16-33(13-10-27)12-9-22(18)30-24;1-15-2-5-17(6-3-15)31-21-14-26-10-8-18(21)19-13-27-24(30-23(19)31)29-22-7-4-16-12-25-11-9-20(16)28-22;3-1-2-4;/h4,7-8,11,14-15,17,19H,2-3,5-6,9-10,12-13,16H2,1H3,(H,29,30,31,32);4,7-8,10,13-15,17,25H,2-3,5-6,9,11-12H2,1H3,(H,27,28,29,30);1-2H2;1H4. The van der Waals surface area contributed by atoms with Crippen molar-refractivity contribution in [2.45, 2.75) is 111 Å². The third kappa shape index (κ3) is 10.6. The van der Waals surface area contributed by atoms with Crippen molar-refractivity contribution >= 4 is 83.3 Å². The van der Waals surface area contributed by atoms with E-state index < -0.39 is 0 Å². The Morgan fingerprint density at radius 1 is 0.629 bits per heavy atom. The largest absolute Gasteiger partial charge is 0.321 e. The first kappa shape index (κ1) is 49.2. The molecule has 0 saturated heterocycles. The van der Waals surface area contributed by atoms with Crippen LogP contribution in [0.25, 0.3) is 43.9 Å². The number of halogens is 3. The molecule has 0 amide bonds. The van der Waals surface area contributed by atoms with Gasteiger partial charge in [-0.3, -0.25) is 19.3 Å². The van der Waals surface area contributed by atoms with Gasteiger partial charge in [-0.1, -0.05) is 49.3 Å². The van der Waals surface area contributed by atoms with Crippen molar-refractivity contribution in [3.8, 4) is 0 Å². The van der Waals surface area contributed by atoms with E-state index >= 15 is 0 Å². The van der Waals surface area contributed by atoms with Crippen LogP contribution in [0, 0.1) is 11.8 Å². The second-order valence-electron chi connectivity index (χ2n) is 19.1. The first-order valence-corrected chi connectivity index (χ1v) is 25.8. The minimum Gasteiger partial charge on any atom is -0.321 e. The molecule has 14 nitrogen and oxygen atoms in total. The van der Waals surface area contributed by atoms with E-state index in [0.717, 1.165) is 125 Å². The second kappa shape index (κ2) is 22.5. The summed E-state index contributed by atoms with van der Waals surface area (Å²) >= 11 is 2.87. The van der Waals surface area contributed by atoms with Gasteiger partial charge in [0.2, 0.25) is 11.9 Å². The van der Waals surface area contributed by atoms with Gasteiger partial charge < -0.3 is 25.1 Å². The molecule has 0 radical (unpaired) electrons. The summed E-state index contributed by atoms with van der Waals surface area (Å²) in [7, 11) is 0. The number of hydrogen-bond acceptors (Lipinski definition) is 12. The monoisotopic (exact) mass is 1010 g/mol. The van der Waals surface area contributed by atoms with Crippen LogP contribution in [0.5, 0.6) is 0 Å². The molecule has 8 aromatic rings. The number of hydrogen-bond donors (Lipinski definition) is 3. The van der Waals surface area contributed by atoms with E-state index in [1.54, 1.807) is 0 Å². The molecule has 0 bridgehead atoms. The van der Waals surface area contributed by atoms with Gasteiger partial charge in [-0.05, 0) is 98.6 Å². The van der Waals surface area contributed by atoms with E-state index in [9.17, 15) is 8.78 Å². The molecule has 4 aliphatic rings. The molecule has 2 fully saturated rings. The zero-order valence-corrected chi connectivity index (χ0v) is 41.1. The van der Waals surface area contributed by atoms with Gasteiger partial charge in [0.1, 0.15) is 29.6 Å². The van der Waals surface area contributed by atoms with E-state index in [-0.39, 0.29) is 20.8 Å². The molecule has 0 spiro atoms. The summed E-state index contributed by atoms with van der Waals surface area (Å²) in [4.78, 5) is 39.8. The number of aromatic nitrogens is 10. The quantitative estimate of drug-likeness (QED) is 0.118. The lowest BCUT2D eigenvalue weighted by atomic mass is 9.87. The van der Waals surface area contributed by atoms with Crippen molar-refractivity contribution in [3.63, 3.8) is 0 Å². The Kier molecular flexibility index (Phi) is 15.8. The first-order chi connectivity index (χ1) is 33.9. The summed E-state index contributed by atoms with van der Waals surface area (Å²) < 4.78 is 28.2. The fraction of sp³-hybridized carbons (Fsp3) is 0.472. The lowest BCUT2D eigenvalue weighted by Crippen LogP contribution is -2.32. The topological polar surface area (TPSA) is 152 Å². The lowest BCUT2D eigenvalue weighted by Gasteiger charge is -2.28. The molecule has 12 rings (SSSR count). The van der Waals surface area contributed by atoms with Gasteiger partial charge in [0.05, 0.1) is 30.1 Å². The average molecular weight is 1020 g/mol. The fourth-order valence-electron chi connectivity index (χ4n) is 10.7. The molecule has 368 valence electrons. The minimum absolute atomic E-state index is 0. The first-order valence-electron chi connectivity index (χ1n) is 24.7. The number of nitrogens with zero attached hydrogens (tertiary/aromatic N) is 11. The highest BCUT2D eigenvalue weighted by molar-refractivity contribution is 9.09. The Bertz CT molecular complexity index is 3030. The fourth-order valence-corrected chi connectivity index (χ4v) is 10.7. The van der Waals surface area contributed by atoms with Crippen LogP contribution in [0.4, 0.5) is 32.3 Å². The molecule has 10 heterocycles. The normalized spacial score (nSPS) is 20.1. The Morgan fingerprint density at radius 2 is 1.14 bits per heavy atom. The Morgan fingerprint density at radius 3 is 1.66 bits per heavy atom. The highest BCUT2D eigenvalue weighted by Crippen LogP contribution is 2.40. The van der Waals surface area contributed by atoms with Crippen LogP contribution in [-0.2, 0) is 25.9 Å². The number of nitrogens with one attached hydrogen (secondary N) is 3. The molecule has 70 heavy (non-hydrogen) atoms. The molecule has 2 saturated carbocycles. The maximum atomic E-state index is 12.7. The highest BCUT2D eigenvalue weighted by Gasteiger charge is 2.27. The van der Waals surface area contributed by atoms with Crippen molar-refractivity contribution in [1.82, 2.24) is 59.2 Å². The van der Waals surface area contributed by atoms with Gasteiger partial charge in [-0.25, -0.2) is 24.3 Å². The Labute approximate surface area is 417 Å². The van der Waals surface area contributed by atoms with Crippen LogP contribution in [-0.4, -0.2) is 92.2 Å². The van der Waals surface area contributed by atoms with Crippen molar-refractivity contribution < 1.29 is 8.78 Å². The summed E-state index contributed by atoms with van der Waals surface area (Å²) in [5, 5.41) is 15.0. The van der Waals surface area contributed by atoms with Crippen molar-refractivity contribution in [2.24, 2.45) is 11.8 Å². The van der Waals surface area contributed by atoms with Crippen LogP contribution in [0.2, 0.25) is 0 Å². The lowest BCUT2D eigenvalue weighted by molar-refractivity contribution is 0.229. The SMILES string of the molecule is C.CC1CCC(n2c3cnccc3c3cnc(Nc4ccc5c(n4)CCN(CCF)C5)nc32)CC1.CC1CCC(n2c3cnccc3c3cnc(Nc4ccc5c(n4)CCNC5)nc32)CC1.FCCBr. The number of alkyl halides is 3. The van der Waals surface area contributed by atoms with Crippen LogP contribution < -0.4 is 16.0 Å². The van der Waals surface area contributed by atoms with E-state index in [1.807, 2.05) is 49.3 Å². The molecule has 17 heteroatoms. The third-order valence-electron chi connectivity index (χ3n) is 14.4. The molecule has 8 aromatic heterocycles. The van der Waals surface area contributed by atoms with Crippen LogP contribution in [0.1, 0.15) is 107 Å². The summed E-state index contributed by atoms with van der Waals surface area (Å²) in [6.45, 7) is 8.06. The van der Waals surface area contributed by atoms with Gasteiger partial charge in [0, 0.05) is 121 Å². The molecule has 2 aliphatic heterocycles. The van der Waals surface area contributed by atoms with Crippen molar-refractivity contribution in [3.05, 3.63) is 96.1 Å². The highest BCUT2D eigenvalue weighted by atomic mass is 79.9. The molecule has 2 aliphatic carbocycles. The third-order valence-corrected chi connectivity index (χ3v) is 14.7. The summed E-state index contributed by atoms with van der Waals surface area (Å²) in [5.41, 5.74) is 8.89. The zero-order chi connectivity index (χ0) is 47.3. The van der Waals surface area contributed by atoms with E-state index in [0.29, 0.717) is 35.9 Å². The smallest absolute Gasteiger partial charge is 0.230 e. The van der Waals surface area contributed by atoms with Gasteiger partial charge in [0.25, 0.3) is 0 Å². The Hall–Kier alpha value is -5.78. The van der Waals surface area contributed by atoms with Crippen LogP contribution >= 0.6 is 15.9 Å². The summed E-state index contributed by atoms with van der Waals surface area (Å²) in [5.74, 6) is 4.28. The van der Waals surface area contributed by atoms with Crippen molar-refractivity contribution in [2.75, 3.05) is 48.9 Å². The van der Waals surface area contributed by atoms with E-state index in [4.69, 9.17) is 19.9 Å². The summed E-state index contributed by atoms with van der Waals surface area (Å²) in [6, 6.07) is 13.2. The van der Waals surface area contributed by atoms with Gasteiger partial charge >= 0.3 is 0 Å². The van der Waals surface area contributed by atoms with Crippen LogP contribution in [0.3, 0.4) is 0 Å². The molecule has 0 unspecified atom stereocenters. The zero-order valence-electron chi connectivity index (χ0n) is 39.5. The number of rotatable bonds is 9. The molecule has 0 aromatic carbocycles. The predicted octanol–water partition coefficient (Wildman–Crippen LogP) is 11.7. The second-order valence-corrected chi connectivity index (χ2v) is 19.9. The number of pyridine rings is 4. The van der Waals surface area contributed by atoms with E-state index in [1.165, 1.54) is 55.0 Å². The van der Waals surface area contributed by atoms with Crippen LogP contribution in [0.15, 0.2) is 73.6 Å². The average Bonchev–Trinajstić information content (AvgIpc) is 3.89.